The molecule has 0 saturated heterocycles. The van der Waals surface area contributed by atoms with Crippen LogP contribution in [-0.2, 0) is 0 Å². The molecule has 0 aromatic rings. The zero-order valence-corrected chi connectivity index (χ0v) is 11.1. The predicted molar refractivity (Wildman–Crippen MR) is 67.9 cm³/mol. The van der Waals surface area contributed by atoms with E-state index in [0.29, 0.717) is 0 Å². The van der Waals surface area contributed by atoms with Crippen LogP contribution in [0.25, 0.3) is 0 Å². The fourth-order valence-corrected chi connectivity index (χ4v) is 2.14. The number of hydrogen-bond donors (Lipinski definition) is 1. The Morgan fingerprint density at radius 3 is 1.80 bits per heavy atom. The van der Waals surface area contributed by atoms with Gasteiger partial charge in [0.2, 0.25) is 0 Å². The second-order valence-electron chi connectivity index (χ2n) is 4.24. The normalized spacial score (nSPS) is 12.4. The van der Waals surface area contributed by atoms with Crippen molar-refractivity contribution in [2.75, 3.05) is 52.4 Å². The number of likely N-dealkylation sites (N-methyl/N-ethyl adjacent to an activating group) is 2. The van der Waals surface area contributed by atoms with Gasteiger partial charge in [0.1, 0.15) is 0 Å². The maximum atomic E-state index is 5.71. The lowest BCUT2D eigenvalue weighted by atomic mass is 10.3. The zero-order chi connectivity index (χ0) is 11.7. The molecule has 0 unspecified atom stereocenters. The van der Waals surface area contributed by atoms with Crippen molar-refractivity contribution >= 4 is 0 Å². The molecule has 0 fully saturated rings. The molecule has 0 rings (SSSR count). The van der Waals surface area contributed by atoms with Crippen molar-refractivity contribution in [3.63, 3.8) is 0 Å². The molecule has 0 amide bonds. The number of nitrogens with two attached hydrogens (primary N) is 1. The number of rotatable bonds is 9. The standard InChI is InChI=1S/C12H30N3/c1-5-14(6-2)10-12-15(7-3,8-4)11-9-13/h5-13H2,1-4H3/q+1. The summed E-state index contributed by atoms with van der Waals surface area (Å²) in [5.41, 5.74) is 5.71. The Kier molecular flexibility index (Phi) is 8.02. The molecular formula is C12H30N3+. The SMILES string of the molecule is CCN(CC)CC[N+](CC)(CC)CCN. The third-order valence-electron chi connectivity index (χ3n) is 3.73. The van der Waals surface area contributed by atoms with Gasteiger partial charge in [-0.25, -0.2) is 0 Å². The third-order valence-corrected chi connectivity index (χ3v) is 3.73. The van der Waals surface area contributed by atoms with Crippen LogP contribution in [0.5, 0.6) is 0 Å². The maximum Gasteiger partial charge on any atom is 0.0916 e. The van der Waals surface area contributed by atoms with Gasteiger partial charge in [-0.15, -0.1) is 0 Å². The molecule has 3 nitrogen and oxygen atoms in total. The summed E-state index contributed by atoms with van der Waals surface area (Å²) in [5, 5.41) is 0. The molecule has 0 aliphatic heterocycles. The van der Waals surface area contributed by atoms with Crippen LogP contribution >= 0.6 is 0 Å². The van der Waals surface area contributed by atoms with Gasteiger partial charge in [0.15, 0.2) is 0 Å². The Hall–Kier alpha value is -0.120. The summed E-state index contributed by atoms with van der Waals surface area (Å²) < 4.78 is 1.17. The zero-order valence-electron chi connectivity index (χ0n) is 11.1. The molecule has 0 aromatic carbocycles. The summed E-state index contributed by atoms with van der Waals surface area (Å²) >= 11 is 0. The first-order chi connectivity index (χ1) is 7.17. The summed E-state index contributed by atoms with van der Waals surface area (Å²) in [6, 6.07) is 0. The molecule has 0 aliphatic carbocycles. The first kappa shape index (κ1) is 14.9. The van der Waals surface area contributed by atoms with Gasteiger partial charge in [0.25, 0.3) is 0 Å². The molecule has 15 heavy (non-hydrogen) atoms. The van der Waals surface area contributed by atoms with Crippen LogP contribution in [0.3, 0.4) is 0 Å². The lowest BCUT2D eigenvalue weighted by Gasteiger charge is -2.38. The van der Waals surface area contributed by atoms with Crippen molar-refractivity contribution in [1.82, 2.24) is 4.90 Å². The van der Waals surface area contributed by atoms with Crippen LogP contribution in [0.15, 0.2) is 0 Å². The maximum absolute atomic E-state index is 5.71. The van der Waals surface area contributed by atoms with Crippen LogP contribution in [0.1, 0.15) is 27.7 Å². The molecule has 0 atom stereocenters. The van der Waals surface area contributed by atoms with Gasteiger partial charge in [0.05, 0.1) is 26.2 Å². The van der Waals surface area contributed by atoms with E-state index in [2.05, 4.69) is 32.6 Å². The van der Waals surface area contributed by atoms with Crippen LogP contribution in [0.2, 0.25) is 0 Å². The lowest BCUT2D eigenvalue weighted by molar-refractivity contribution is -0.923. The monoisotopic (exact) mass is 216 g/mol. The smallest absolute Gasteiger partial charge is 0.0916 e. The first-order valence-electron chi connectivity index (χ1n) is 6.45. The number of nitrogens with zero attached hydrogens (tertiary/aromatic N) is 2. The van der Waals surface area contributed by atoms with E-state index < -0.39 is 0 Å². The lowest BCUT2D eigenvalue weighted by Crippen LogP contribution is -2.54. The van der Waals surface area contributed by atoms with Gasteiger partial charge >= 0.3 is 0 Å². The highest BCUT2D eigenvalue weighted by atomic mass is 15.4. The van der Waals surface area contributed by atoms with Gasteiger partial charge in [-0.2, -0.15) is 0 Å². The third kappa shape index (κ3) is 4.96. The van der Waals surface area contributed by atoms with E-state index in [1.165, 1.54) is 30.7 Å². The molecule has 2 N–H and O–H groups in total. The molecule has 0 heterocycles. The van der Waals surface area contributed by atoms with Crippen molar-refractivity contribution in [1.29, 1.82) is 0 Å². The predicted octanol–water partition coefficient (Wildman–Crippen LogP) is 1.14. The fraction of sp³-hybridized carbons (Fsp3) is 1.00. The highest BCUT2D eigenvalue weighted by Crippen LogP contribution is 2.05. The van der Waals surface area contributed by atoms with Crippen molar-refractivity contribution < 1.29 is 4.48 Å². The molecule has 0 radical (unpaired) electrons. The van der Waals surface area contributed by atoms with Gasteiger partial charge in [-0.1, -0.05) is 13.8 Å². The molecule has 3 heteroatoms. The van der Waals surface area contributed by atoms with Crippen LogP contribution in [0.4, 0.5) is 0 Å². The average molecular weight is 216 g/mol. The summed E-state index contributed by atoms with van der Waals surface area (Å²) in [6.07, 6.45) is 0. The van der Waals surface area contributed by atoms with Gasteiger partial charge in [0, 0.05) is 13.1 Å². The largest absolute Gasteiger partial charge is 0.326 e. The highest BCUT2D eigenvalue weighted by Gasteiger charge is 2.22. The quantitative estimate of drug-likeness (QED) is 0.586. The Bertz CT molecular complexity index is 140. The fourth-order valence-electron chi connectivity index (χ4n) is 2.14. The summed E-state index contributed by atoms with van der Waals surface area (Å²) in [5.74, 6) is 0. The van der Waals surface area contributed by atoms with E-state index in [1.54, 1.807) is 0 Å². The molecule has 0 spiro atoms. The Labute approximate surface area is 95.8 Å². The van der Waals surface area contributed by atoms with E-state index in [1.807, 2.05) is 0 Å². The van der Waals surface area contributed by atoms with Gasteiger partial charge in [-0.05, 0) is 26.9 Å². The Morgan fingerprint density at radius 1 is 0.933 bits per heavy atom. The molecule has 0 aromatic heterocycles. The minimum atomic E-state index is 0.805. The first-order valence-corrected chi connectivity index (χ1v) is 6.45. The van der Waals surface area contributed by atoms with E-state index in [9.17, 15) is 0 Å². The topological polar surface area (TPSA) is 29.3 Å². The van der Waals surface area contributed by atoms with Crippen molar-refractivity contribution in [2.24, 2.45) is 5.73 Å². The van der Waals surface area contributed by atoms with Crippen LogP contribution in [-0.4, -0.2) is 61.7 Å². The molecule has 0 bridgehead atoms. The van der Waals surface area contributed by atoms with E-state index in [0.717, 1.165) is 26.2 Å². The summed E-state index contributed by atoms with van der Waals surface area (Å²) in [4.78, 5) is 2.49. The Balaban J connectivity index is 4.15. The second kappa shape index (κ2) is 8.08. The van der Waals surface area contributed by atoms with Crippen LogP contribution in [0, 0.1) is 0 Å². The van der Waals surface area contributed by atoms with Crippen molar-refractivity contribution in [3.8, 4) is 0 Å². The average Bonchev–Trinajstić information content (AvgIpc) is 2.29. The number of quaternary nitrogens is 1. The minimum absolute atomic E-state index is 0.805. The second-order valence-corrected chi connectivity index (χ2v) is 4.24. The van der Waals surface area contributed by atoms with Crippen molar-refractivity contribution in [2.45, 2.75) is 27.7 Å². The molecular weight excluding hydrogens is 186 g/mol. The van der Waals surface area contributed by atoms with Crippen molar-refractivity contribution in [3.05, 3.63) is 0 Å². The minimum Gasteiger partial charge on any atom is -0.326 e. The number of hydrogen-bond acceptors (Lipinski definition) is 2. The molecule has 0 aliphatic rings. The summed E-state index contributed by atoms with van der Waals surface area (Å²) in [6.45, 7) is 18.1. The highest BCUT2D eigenvalue weighted by molar-refractivity contribution is 4.53. The summed E-state index contributed by atoms with van der Waals surface area (Å²) in [7, 11) is 0. The van der Waals surface area contributed by atoms with E-state index >= 15 is 0 Å². The molecule has 92 valence electrons. The van der Waals surface area contributed by atoms with E-state index in [4.69, 9.17) is 5.73 Å². The molecule has 0 saturated carbocycles. The van der Waals surface area contributed by atoms with Crippen LogP contribution < -0.4 is 5.73 Å². The van der Waals surface area contributed by atoms with Gasteiger partial charge < -0.3 is 10.2 Å². The van der Waals surface area contributed by atoms with E-state index in [-0.39, 0.29) is 0 Å². The Morgan fingerprint density at radius 2 is 1.47 bits per heavy atom. The van der Waals surface area contributed by atoms with Gasteiger partial charge in [-0.3, -0.25) is 4.90 Å².